The van der Waals surface area contributed by atoms with Crippen molar-refractivity contribution in [2.24, 2.45) is 0 Å². The Morgan fingerprint density at radius 2 is 2.08 bits per heavy atom. The number of esters is 1. The second-order valence-electron chi connectivity index (χ2n) is 6.31. The van der Waals surface area contributed by atoms with Crippen molar-refractivity contribution in [2.45, 2.75) is 51.6 Å². The summed E-state index contributed by atoms with van der Waals surface area (Å²) >= 11 is 1.54. The van der Waals surface area contributed by atoms with Crippen LogP contribution in [0, 0.1) is 0 Å². The van der Waals surface area contributed by atoms with Crippen LogP contribution in [0.5, 0.6) is 0 Å². The number of ether oxygens (including phenoxy) is 1. The molecular weight excluding hydrogens is 324 g/mol. The summed E-state index contributed by atoms with van der Waals surface area (Å²) in [5.41, 5.74) is 0.462. The molecule has 5 nitrogen and oxygen atoms in total. The predicted octanol–water partition coefficient (Wildman–Crippen LogP) is 3.67. The molecule has 0 aromatic carbocycles. The van der Waals surface area contributed by atoms with Crippen LogP contribution in [-0.2, 0) is 16.1 Å². The average molecular weight is 348 g/mol. The molecule has 1 saturated carbocycles. The Hall–Kier alpha value is -1.82. The number of hydrogen-bond acceptors (Lipinski definition) is 4. The van der Waals surface area contributed by atoms with Gasteiger partial charge < -0.3 is 14.2 Å². The van der Waals surface area contributed by atoms with Crippen molar-refractivity contribution >= 4 is 33.4 Å². The van der Waals surface area contributed by atoms with Gasteiger partial charge in [-0.15, -0.1) is 11.3 Å². The molecule has 6 heteroatoms. The molecule has 0 N–H and O–H groups in total. The number of thiophene rings is 1. The second kappa shape index (κ2) is 7.38. The van der Waals surface area contributed by atoms with Gasteiger partial charge in [0.2, 0.25) is 5.91 Å². The van der Waals surface area contributed by atoms with E-state index in [2.05, 4.69) is 0 Å². The van der Waals surface area contributed by atoms with Crippen LogP contribution in [-0.4, -0.2) is 41.0 Å². The van der Waals surface area contributed by atoms with E-state index in [1.165, 1.54) is 19.3 Å². The number of aromatic nitrogens is 1. The number of carbonyl (C=O) groups excluding carboxylic acids is 2. The summed E-state index contributed by atoms with van der Waals surface area (Å²) in [6.45, 7) is 2.30. The van der Waals surface area contributed by atoms with Crippen LogP contribution >= 0.6 is 11.3 Å². The first-order chi connectivity index (χ1) is 11.6. The molecule has 2 aromatic rings. The third-order valence-electron chi connectivity index (χ3n) is 4.80. The summed E-state index contributed by atoms with van der Waals surface area (Å²) in [6, 6.07) is 4.11. The van der Waals surface area contributed by atoms with Gasteiger partial charge in [0.25, 0.3) is 0 Å². The van der Waals surface area contributed by atoms with Crippen LogP contribution in [0.15, 0.2) is 17.5 Å². The average Bonchev–Trinajstić information content (AvgIpc) is 3.18. The van der Waals surface area contributed by atoms with E-state index in [0.29, 0.717) is 18.3 Å². The molecule has 0 aliphatic heterocycles. The summed E-state index contributed by atoms with van der Waals surface area (Å²) in [6.07, 6.45) is 5.79. The Bertz CT molecular complexity index is 728. The Morgan fingerprint density at radius 1 is 1.33 bits per heavy atom. The van der Waals surface area contributed by atoms with Crippen LogP contribution in [0.2, 0.25) is 0 Å². The molecule has 1 aliphatic rings. The normalized spacial score (nSPS) is 15.6. The van der Waals surface area contributed by atoms with Crippen LogP contribution in [0.4, 0.5) is 0 Å². The van der Waals surface area contributed by atoms with Crippen molar-refractivity contribution in [3.63, 3.8) is 0 Å². The van der Waals surface area contributed by atoms with Crippen molar-refractivity contribution in [3.8, 4) is 0 Å². The van der Waals surface area contributed by atoms with Gasteiger partial charge in [-0.3, -0.25) is 4.79 Å². The maximum atomic E-state index is 12.8. The van der Waals surface area contributed by atoms with Crippen LogP contribution in [0.3, 0.4) is 0 Å². The summed E-state index contributed by atoms with van der Waals surface area (Å²) in [4.78, 5) is 27.8. The van der Waals surface area contributed by atoms with Gasteiger partial charge >= 0.3 is 5.97 Å². The minimum absolute atomic E-state index is 0.0540. The van der Waals surface area contributed by atoms with Gasteiger partial charge in [-0.1, -0.05) is 19.3 Å². The van der Waals surface area contributed by atoms with E-state index < -0.39 is 0 Å². The van der Waals surface area contributed by atoms with E-state index in [1.807, 2.05) is 29.5 Å². The lowest BCUT2D eigenvalue weighted by molar-refractivity contribution is -0.133. The van der Waals surface area contributed by atoms with E-state index in [1.54, 1.807) is 22.8 Å². The molecule has 2 heterocycles. The van der Waals surface area contributed by atoms with Crippen LogP contribution < -0.4 is 0 Å². The van der Waals surface area contributed by atoms with Crippen molar-refractivity contribution in [1.29, 1.82) is 0 Å². The smallest absolute Gasteiger partial charge is 0.355 e. The molecule has 3 rings (SSSR count). The molecule has 0 radical (unpaired) electrons. The molecule has 0 bridgehead atoms. The third kappa shape index (κ3) is 3.34. The lowest BCUT2D eigenvalue weighted by atomic mass is 9.94. The quantitative estimate of drug-likeness (QED) is 0.775. The molecule has 0 atom stereocenters. The fourth-order valence-corrected chi connectivity index (χ4v) is 4.32. The summed E-state index contributed by atoms with van der Waals surface area (Å²) < 4.78 is 6.95. The molecular formula is C18H24N2O3S. The molecule has 24 heavy (non-hydrogen) atoms. The van der Waals surface area contributed by atoms with Gasteiger partial charge in [0.15, 0.2) is 0 Å². The highest BCUT2D eigenvalue weighted by atomic mass is 32.1. The minimum Gasteiger partial charge on any atom is -0.461 e. The first kappa shape index (κ1) is 17.0. The lowest BCUT2D eigenvalue weighted by Crippen LogP contribution is -2.40. The van der Waals surface area contributed by atoms with Gasteiger partial charge in [0.05, 0.1) is 6.61 Å². The van der Waals surface area contributed by atoms with E-state index in [4.69, 9.17) is 4.74 Å². The van der Waals surface area contributed by atoms with Gasteiger partial charge in [0, 0.05) is 18.5 Å². The standard InChI is InChI=1S/C18H24N2O3S/c1-3-23-18(22)15-11-13-9-10-24-17(13)20(15)12-16(21)19(2)14-7-5-4-6-8-14/h9-11,14H,3-8,12H2,1-2H3. The van der Waals surface area contributed by atoms with Gasteiger partial charge in [0.1, 0.15) is 17.1 Å². The number of carbonyl (C=O) groups is 2. The zero-order valence-corrected chi connectivity index (χ0v) is 15.1. The van der Waals surface area contributed by atoms with Crippen LogP contribution in [0.25, 0.3) is 10.2 Å². The third-order valence-corrected chi connectivity index (χ3v) is 5.75. The van der Waals surface area contributed by atoms with E-state index in [-0.39, 0.29) is 18.4 Å². The van der Waals surface area contributed by atoms with Crippen molar-refractivity contribution < 1.29 is 14.3 Å². The first-order valence-corrected chi connectivity index (χ1v) is 9.49. The second-order valence-corrected chi connectivity index (χ2v) is 7.21. The summed E-state index contributed by atoms with van der Waals surface area (Å²) in [5, 5.41) is 2.96. The lowest BCUT2D eigenvalue weighted by Gasteiger charge is -2.31. The highest BCUT2D eigenvalue weighted by Crippen LogP contribution is 2.27. The summed E-state index contributed by atoms with van der Waals surface area (Å²) in [5.74, 6) is -0.313. The number of amides is 1. The molecule has 0 spiro atoms. The molecule has 1 amide bonds. The highest BCUT2D eigenvalue weighted by Gasteiger charge is 2.25. The van der Waals surface area contributed by atoms with Gasteiger partial charge in [-0.25, -0.2) is 4.79 Å². The van der Waals surface area contributed by atoms with E-state index >= 15 is 0 Å². The van der Waals surface area contributed by atoms with Gasteiger partial charge in [-0.05, 0) is 37.3 Å². The SMILES string of the molecule is CCOC(=O)c1cc2ccsc2n1CC(=O)N(C)C1CCCCC1. The number of likely N-dealkylation sites (N-methyl/N-ethyl adjacent to an activating group) is 1. The summed E-state index contributed by atoms with van der Waals surface area (Å²) in [7, 11) is 1.89. The van der Waals surface area contributed by atoms with Crippen molar-refractivity contribution in [3.05, 3.63) is 23.2 Å². The molecule has 1 fully saturated rings. The number of nitrogens with zero attached hydrogens (tertiary/aromatic N) is 2. The van der Waals surface area contributed by atoms with Crippen molar-refractivity contribution in [1.82, 2.24) is 9.47 Å². The largest absolute Gasteiger partial charge is 0.461 e. The molecule has 0 saturated heterocycles. The van der Waals surface area contributed by atoms with Crippen molar-refractivity contribution in [2.75, 3.05) is 13.7 Å². The topological polar surface area (TPSA) is 51.5 Å². The molecule has 0 unspecified atom stereocenters. The molecule has 130 valence electrons. The number of rotatable bonds is 5. The monoisotopic (exact) mass is 348 g/mol. The van der Waals surface area contributed by atoms with Crippen LogP contribution in [0.1, 0.15) is 49.5 Å². The molecule has 2 aromatic heterocycles. The minimum atomic E-state index is -0.367. The number of hydrogen-bond donors (Lipinski definition) is 0. The Labute approximate surface area is 146 Å². The molecule has 1 aliphatic carbocycles. The van der Waals surface area contributed by atoms with E-state index in [9.17, 15) is 9.59 Å². The number of fused-ring (bicyclic) bond motifs is 1. The fraction of sp³-hybridized carbons (Fsp3) is 0.556. The maximum absolute atomic E-state index is 12.8. The Kier molecular flexibility index (Phi) is 5.23. The zero-order valence-electron chi connectivity index (χ0n) is 14.3. The Balaban J connectivity index is 1.82. The Morgan fingerprint density at radius 3 is 2.79 bits per heavy atom. The fourth-order valence-electron chi connectivity index (χ4n) is 3.42. The first-order valence-electron chi connectivity index (χ1n) is 8.61. The van der Waals surface area contributed by atoms with Gasteiger partial charge in [-0.2, -0.15) is 0 Å². The zero-order chi connectivity index (χ0) is 17.1. The predicted molar refractivity (Wildman–Crippen MR) is 95.4 cm³/mol. The highest BCUT2D eigenvalue weighted by molar-refractivity contribution is 7.16. The maximum Gasteiger partial charge on any atom is 0.355 e. The van der Waals surface area contributed by atoms with E-state index in [0.717, 1.165) is 23.1 Å².